The van der Waals surface area contributed by atoms with Crippen LogP contribution in [0.25, 0.3) is 0 Å². The van der Waals surface area contributed by atoms with Crippen molar-refractivity contribution in [1.29, 1.82) is 0 Å². The van der Waals surface area contributed by atoms with Crippen LogP contribution in [-0.2, 0) is 16.0 Å². The first-order valence-corrected chi connectivity index (χ1v) is 8.69. The maximum absolute atomic E-state index is 12.3. The Morgan fingerprint density at radius 2 is 1.62 bits per heavy atom. The molecule has 0 spiro atoms. The van der Waals surface area contributed by atoms with Gasteiger partial charge >= 0.3 is 0 Å². The van der Waals surface area contributed by atoms with Gasteiger partial charge in [0, 0.05) is 46.1 Å². The Bertz CT molecular complexity index is 574. The first-order valence-electron chi connectivity index (χ1n) is 8.69. The van der Waals surface area contributed by atoms with Gasteiger partial charge in [0.15, 0.2) is 5.82 Å². The Kier molecular flexibility index (Phi) is 5.44. The summed E-state index contributed by atoms with van der Waals surface area (Å²) in [5, 5.41) is 3.75. The monoisotopic (exact) mass is 335 g/mol. The SMILES string of the molecule is Cc1nc(CC(=O)N2CCN(C(=O)CCN3CCCC3)CC2)no1. The molecule has 3 rings (SSSR count). The summed E-state index contributed by atoms with van der Waals surface area (Å²) >= 11 is 0. The number of piperazine rings is 1. The second-order valence-electron chi connectivity index (χ2n) is 6.47. The van der Waals surface area contributed by atoms with Crippen molar-refractivity contribution in [2.24, 2.45) is 0 Å². The van der Waals surface area contributed by atoms with Gasteiger partial charge in [0.1, 0.15) is 0 Å². The van der Waals surface area contributed by atoms with Crippen LogP contribution in [0.3, 0.4) is 0 Å². The van der Waals surface area contributed by atoms with Gasteiger partial charge in [-0.3, -0.25) is 9.59 Å². The Hall–Kier alpha value is -1.96. The van der Waals surface area contributed by atoms with Crippen LogP contribution in [0.5, 0.6) is 0 Å². The quantitative estimate of drug-likeness (QED) is 0.758. The highest BCUT2D eigenvalue weighted by Crippen LogP contribution is 2.10. The number of carbonyl (C=O) groups is 2. The molecule has 2 amide bonds. The molecule has 0 aromatic carbocycles. The number of rotatable bonds is 5. The minimum Gasteiger partial charge on any atom is -0.340 e. The fourth-order valence-corrected chi connectivity index (χ4v) is 3.28. The molecule has 1 aromatic rings. The number of aromatic nitrogens is 2. The van der Waals surface area contributed by atoms with E-state index < -0.39 is 0 Å². The summed E-state index contributed by atoms with van der Waals surface area (Å²) in [6.45, 7) is 7.15. The van der Waals surface area contributed by atoms with E-state index in [0.717, 1.165) is 19.6 Å². The normalized spacial score (nSPS) is 19.0. The van der Waals surface area contributed by atoms with Crippen molar-refractivity contribution in [2.45, 2.75) is 32.6 Å². The second kappa shape index (κ2) is 7.74. The minimum atomic E-state index is -0.0139. The predicted molar refractivity (Wildman–Crippen MR) is 86.2 cm³/mol. The van der Waals surface area contributed by atoms with Crippen LogP contribution >= 0.6 is 0 Å². The van der Waals surface area contributed by atoms with Crippen molar-refractivity contribution in [3.63, 3.8) is 0 Å². The minimum absolute atomic E-state index is 0.0139. The van der Waals surface area contributed by atoms with E-state index >= 15 is 0 Å². The molecule has 0 N–H and O–H groups in total. The Labute approximate surface area is 141 Å². The highest BCUT2D eigenvalue weighted by atomic mass is 16.5. The zero-order valence-corrected chi connectivity index (χ0v) is 14.2. The summed E-state index contributed by atoms with van der Waals surface area (Å²) in [4.78, 5) is 34.6. The molecule has 2 fully saturated rings. The van der Waals surface area contributed by atoms with Gasteiger partial charge in [-0.2, -0.15) is 4.98 Å². The fourth-order valence-electron chi connectivity index (χ4n) is 3.28. The summed E-state index contributed by atoms with van der Waals surface area (Å²) in [5.74, 6) is 1.07. The van der Waals surface area contributed by atoms with Crippen molar-refractivity contribution >= 4 is 11.8 Å². The van der Waals surface area contributed by atoms with E-state index in [1.54, 1.807) is 11.8 Å². The van der Waals surface area contributed by atoms with Crippen molar-refractivity contribution in [3.8, 4) is 0 Å². The Morgan fingerprint density at radius 3 is 2.21 bits per heavy atom. The van der Waals surface area contributed by atoms with Crippen LogP contribution in [-0.4, -0.2) is 82.5 Å². The molecular weight excluding hydrogens is 310 g/mol. The molecule has 3 heterocycles. The van der Waals surface area contributed by atoms with E-state index in [1.165, 1.54) is 12.8 Å². The molecule has 0 unspecified atom stereocenters. The number of nitrogens with zero attached hydrogens (tertiary/aromatic N) is 5. The zero-order chi connectivity index (χ0) is 16.9. The Balaban J connectivity index is 1.39. The summed E-state index contributed by atoms with van der Waals surface area (Å²) < 4.78 is 4.88. The maximum Gasteiger partial charge on any atom is 0.230 e. The van der Waals surface area contributed by atoms with E-state index in [9.17, 15) is 9.59 Å². The van der Waals surface area contributed by atoms with Gasteiger partial charge in [0.25, 0.3) is 0 Å². The number of amides is 2. The lowest BCUT2D eigenvalue weighted by atomic mass is 10.2. The number of hydrogen-bond acceptors (Lipinski definition) is 6. The van der Waals surface area contributed by atoms with Gasteiger partial charge in [-0.05, 0) is 25.9 Å². The molecule has 0 aliphatic carbocycles. The molecule has 2 aliphatic heterocycles. The first-order chi connectivity index (χ1) is 11.6. The summed E-state index contributed by atoms with van der Waals surface area (Å²) in [5.41, 5.74) is 0. The molecule has 1 aromatic heterocycles. The third-order valence-corrected chi connectivity index (χ3v) is 4.70. The lowest BCUT2D eigenvalue weighted by Crippen LogP contribution is -2.51. The van der Waals surface area contributed by atoms with Gasteiger partial charge in [0.05, 0.1) is 6.42 Å². The molecular formula is C16H25N5O3. The van der Waals surface area contributed by atoms with Gasteiger partial charge in [-0.25, -0.2) is 0 Å². The standard InChI is InChI=1S/C16H25N5O3/c1-13-17-14(18-24-13)12-16(23)21-10-8-20(9-11-21)15(22)4-7-19-5-2-3-6-19/h2-12H2,1H3. The van der Waals surface area contributed by atoms with Crippen LogP contribution in [0, 0.1) is 6.92 Å². The van der Waals surface area contributed by atoms with Gasteiger partial charge in [-0.1, -0.05) is 5.16 Å². The topological polar surface area (TPSA) is 82.8 Å². The summed E-state index contributed by atoms with van der Waals surface area (Å²) in [6.07, 6.45) is 3.22. The van der Waals surface area contributed by atoms with E-state index in [4.69, 9.17) is 4.52 Å². The zero-order valence-electron chi connectivity index (χ0n) is 14.2. The molecule has 8 heteroatoms. The van der Waals surface area contributed by atoms with E-state index in [0.29, 0.717) is 44.3 Å². The number of hydrogen-bond donors (Lipinski definition) is 0. The van der Waals surface area contributed by atoms with Crippen molar-refractivity contribution in [1.82, 2.24) is 24.8 Å². The highest BCUT2D eigenvalue weighted by Gasteiger charge is 2.25. The molecule has 0 radical (unpaired) electrons. The van der Waals surface area contributed by atoms with Gasteiger partial charge in [0.2, 0.25) is 17.7 Å². The number of likely N-dealkylation sites (tertiary alicyclic amines) is 1. The van der Waals surface area contributed by atoms with E-state index in [2.05, 4.69) is 15.0 Å². The average molecular weight is 335 g/mol. The molecule has 2 aliphatic rings. The van der Waals surface area contributed by atoms with E-state index in [-0.39, 0.29) is 18.2 Å². The van der Waals surface area contributed by atoms with E-state index in [1.807, 2.05) is 4.90 Å². The number of aryl methyl sites for hydroxylation is 1. The van der Waals surface area contributed by atoms with Gasteiger partial charge < -0.3 is 19.2 Å². The van der Waals surface area contributed by atoms with Crippen LogP contribution in [0.1, 0.15) is 31.0 Å². The Morgan fingerprint density at radius 1 is 1.00 bits per heavy atom. The van der Waals surface area contributed by atoms with Crippen LogP contribution < -0.4 is 0 Å². The third-order valence-electron chi connectivity index (χ3n) is 4.70. The molecule has 0 bridgehead atoms. The summed E-state index contributed by atoms with van der Waals surface area (Å²) in [6, 6.07) is 0. The molecule has 24 heavy (non-hydrogen) atoms. The maximum atomic E-state index is 12.3. The second-order valence-corrected chi connectivity index (χ2v) is 6.47. The molecule has 2 saturated heterocycles. The van der Waals surface area contributed by atoms with Crippen molar-refractivity contribution in [2.75, 3.05) is 45.8 Å². The molecule has 132 valence electrons. The first kappa shape index (κ1) is 16.9. The lowest BCUT2D eigenvalue weighted by Gasteiger charge is -2.35. The lowest BCUT2D eigenvalue weighted by molar-refractivity contribution is -0.139. The summed E-state index contributed by atoms with van der Waals surface area (Å²) in [7, 11) is 0. The number of carbonyl (C=O) groups excluding carboxylic acids is 2. The largest absolute Gasteiger partial charge is 0.340 e. The average Bonchev–Trinajstić information content (AvgIpc) is 3.24. The fraction of sp³-hybridized carbons (Fsp3) is 0.750. The van der Waals surface area contributed by atoms with Gasteiger partial charge in [-0.15, -0.1) is 0 Å². The van der Waals surface area contributed by atoms with Crippen molar-refractivity contribution < 1.29 is 14.1 Å². The third kappa shape index (κ3) is 4.31. The molecule has 0 saturated carbocycles. The van der Waals surface area contributed by atoms with Crippen LogP contribution in [0.15, 0.2) is 4.52 Å². The smallest absolute Gasteiger partial charge is 0.230 e. The molecule has 0 atom stereocenters. The molecule has 8 nitrogen and oxygen atoms in total. The van der Waals surface area contributed by atoms with Crippen LogP contribution in [0.2, 0.25) is 0 Å². The highest BCUT2D eigenvalue weighted by molar-refractivity contribution is 5.79. The van der Waals surface area contributed by atoms with Crippen molar-refractivity contribution in [3.05, 3.63) is 11.7 Å². The predicted octanol–water partition coefficient (Wildman–Crippen LogP) is 0.0772. The van der Waals surface area contributed by atoms with Crippen LogP contribution in [0.4, 0.5) is 0 Å².